The number of nitrogens with zero attached hydrogens (tertiary/aromatic N) is 1. The van der Waals surface area contributed by atoms with Crippen LogP contribution in [0.1, 0.15) is 34.3 Å². The van der Waals surface area contributed by atoms with Gasteiger partial charge in [-0.15, -0.1) is 0 Å². The van der Waals surface area contributed by atoms with Crippen LogP contribution in [0.4, 0.5) is 13.2 Å². The Hall–Kier alpha value is -3.03. The molecule has 5 nitrogen and oxygen atoms in total. The highest BCUT2D eigenvalue weighted by atomic mass is 19.4. The predicted octanol–water partition coefficient (Wildman–Crippen LogP) is 3.81. The Kier molecular flexibility index (Phi) is 6.64. The minimum atomic E-state index is -4.43. The van der Waals surface area contributed by atoms with Crippen molar-refractivity contribution >= 4 is 11.8 Å². The predicted molar refractivity (Wildman–Crippen MR) is 105 cm³/mol. The zero-order valence-electron chi connectivity index (χ0n) is 16.5. The Bertz CT molecular complexity index is 872. The van der Waals surface area contributed by atoms with Gasteiger partial charge in [-0.2, -0.15) is 13.2 Å². The number of hydrogen-bond acceptors (Lipinski definition) is 3. The monoisotopic (exact) mass is 420 g/mol. The number of amides is 2. The lowest BCUT2D eigenvalue weighted by atomic mass is 10.0. The van der Waals surface area contributed by atoms with Gasteiger partial charge in [0.2, 0.25) is 0 Å². The first-order valence-corrected chi connectivity index (χ1v) is 9.68. The SMILES string of the molecule is Cc1ccc(OCC(=O)NC2CCN(C(=O)c3ccc(C(F)(F)F)cc3)CC2)cc1. The number of nitrogens with one attached hydrogen (secondary N) is 1. The average molecular weight is 420 g/mol. The minimum absolute atomic E-state index is 0.0734. The molecule has 2 aromatic rings. The molecule has 160 valence electrons. The molecule has 2 amide bonds. The van der Waals surface area contributed by atoms with Crippen LogP contribution in [0.25, 0.3) is 0 Å². The molecule has 1 aliphatic rings. The number of rotatable bonds is 5. The van der Waals surface area contributed by atoms with E-state index in [1.54, 1.807) is 17.0 Å². The summed E-state index contributed by atoms with van der Waals surface area (Å²) in [5.41, 5.74) is 0.537. The molecule has 0 bridgehead atoms. The molecule has 30 heavy (non-hydrogen) atoms. The fourth-order valence-corrected chi connectivity index (χ4v) is 3.26. The van der Waals surface area contributed by atoms with Gasteiger partial charge >= 0.3 is 6.18 Å². The molecule has 1 aliphatic heterocycles. The molecule has 1 heterocycles. The van der Waals surface area contributed by atoms with E-state index in [1.165, 1.54) is 12.1 Å². The highest BCUT2D eigenvalue weighted by molar-refractivity contribution is 5.94. The van der Waals surface area contributed by atoms with Crippen molar-refractivity contribution in [3.8, 4) is 5.75 Å². The van der Waals surface area contributed by atoms with Crippen LogP contribution in [0, 0.1) is 6.92 Å². The number of piperidine rings is 1. The molecular weight excluding hydrogens is 397 g/mol. The molecule has 1 saturated heterocycles. The third-order valence-corrected chi connectivity index (χ3v) is 5.00. The van der Waals surface area contributed by atoms with Crippen LogP contribution in [0.3, 0.4) is 0 Å². The average Bonchev–Trinajstić information content (AvgIpc) is 2.73. The number of aryl methyl sites for hydroxylation is 1. The highest BCUT2D eigenvalue weighted by Gasteiger charge is 2.31. The maximum atomic E-state index is 12.7. The van der Waals surface area contributed by atoms with Crippen LogP contribution in [-0.2, 0) is 11.0 Å². The van der Waals surface area contributed by atoms with Gasteiger partial charge in [-0.3, -0.25) is 9.59 Å². The molecular formula is C22H23F3N2O3. The zero-order chi connectivity index (χ0) is 21.7. The van der Waals surface area contributed by atoms with Gasteiger partial charge in [-0.1, -0.05) is 17.7 Å². The van der Waals surface area contributed by atoms with E-state index in [-0.39, 0.29) is 30.0 Å². The van der Waals surface area contributed by atoms with Crippen LogP contribution in [-0.4, -0.2) is 42.5 Å². The molecule has 1 fully saturated rings. The van der Waals surface area contributed by atoms with E-state index >= 15 is 0 Å². The Balaban J connectivity index is 1.44. The smallest absolute Gasteiger partial charge is 0.416 e. The Labute approximate surface area is 172 Å². The van der Waals surface area contributed by atoms with Gasteiger partial charge in [0.15, 0.2) is 6.61 Å². The summed E-state index contributed by atoms with van der Waals surface area (Å²) < 4.78 is 43.4. The second-order valence-electron chi connectivity index (χ2n) is 7.31. The lowest BCUT2D eigenvalue weighted by Crippen LogP contribution is -2.47. The maximum Gasteiger partial charge on any atom is 0.416 e. The molecule has 0 aliphatic carbocycles. The zero-order valence-corrected chi connectivity index (χ0v) is 16.5. The van der Waals surface area contributed by atoms with Gasteiger partial charge in [0.25, 0.3) is 11.8 Å². The van der Waals surface area contributed by atoms with E-state index in [9.17, 15) is 22.8 Å². The molecule has 0 saturated carbocycles. The van der Waals surface area contributed by atoms with Crippen LogP contribution in [0.2, 0.25) is 0 Å². The number of benzene rings is 2. The van der Waals surface area contributed by atoms with Crippen LogP contribution < -0.4 is 10.1 Å². The van der Waals surface area contributed by atoms with Gasteiger partial charge in [-0.05, 0) is 56.2 Å². The summed E-state index contributed by atoms with van der Waals surface area (Å²) in [5, 5.41) is 2.90. The number of ether oxygens (including phenoxy) is 1. The van der Waals surface area contributed by atoms with Crippen molar-refractivity contribution in [3.05, 3.63) is 65.2 Å². The summed E-state index contributed by atoms with van der Waals surface area (Å²) in [6, 6.07) is 11.5. The maximum absolute atomic E-state index is 12.7. The Morgan fingerprint density at radius 2 is 1.63 bits per heavy atom. The van der Waals surface area contributed by atoms with Crippen molar-refractivity contribution in [2.45, 2.75) is 32.0 Å². The quantitative estimate of drug-likeness (QED) is 0.800. The normalized spacial score (nSPS) is 15.0. The van der Waals surface area contributed by atoms with Crippen molar-refractivity contribution in [2.24, 2.45) is 0 Å². The van der Waals surface area contributed by atoms with E-state index in [4.69, 9.17) is 4.74 Å². The van der Waals surface area contributed by atoms with Gasteiger partial charge in [0.05, 0.1) is 5.56 Å². The van der Waals surface area contributed by atoms with E-state index in [2.05, 4.69) is 5.32 Å². The van der Waals surface area contributed by atoms with Crippen LogP contribution in [0.15, 0.2) is 48.5 Å². The van der Waals surface area contributed by atoms with Crippen molar-refractivity contribution in [1.29, 1.82) is 0 Å². The largest absolute Gasteiger partial charge is 0.484 e. The van der Waals surface area contributed by atoms with Gasteiger partial charge < -0.3 is 15.0 Å². The summed E-state index contributed by atoms with van der Waals surface area (Å²) in [6.07, 6.45) is -3.29. The molecule has 0 aromatic heterocycles. The summed E-state index contributed by atoms with van der Waals surface area (Å²) in [7, 11) is 0. The first kappa shape index (κ1) is 21.7. The first-order valence-electron chi connectivity index (χ1n) is 9.68. The third-order valence-electron chi connectivity index (χ3n) is 5.00. The Morgan fingerprint density at radius 1 is 1.03 bits per heavy atom. The van der Waals surface area contributed by atoms with Gasteiger partial charge in [0.1, 0.15) is 5.75 Å². The number of halogens is 3. The first-order chi connectivity index (χ1) is 14.2. The van der Waals surface area contributed by atoms with Crippen molar-refractivity contribution in [1.82, 2.24) is 10.2 Å². The molecule has 1 N–H and O–H groups in total. The topological polar surface area (TPSA) is 58.6 Å². The van der Waals surface area contributed by atoms with E-state index < -0.39 is 11.7 Å². The lowest BCUT2D eigenvalue weighted by Gasteiger charge is -2.32. The molecule has 3 rings (SSSR count). The number of carbonyl (C=O) groups excluding carboxylic acids is 2. The second kappa shape index (κ2) is 9.19. The van der Waals surface area contributed by atoms with Gasteiger partial charge in [0, 0.05) is 24.7 Å². The summed E-state index contributed by atoms with van der Waals surface area (Å²) in [6.45, 7) is 2.71. The van der Waals surface area contributed by atoms with Crippen molar-refractivity contribution < 1.29 is 27.5 Å². The van der Waals surface area contributed by atoms with Gasteiger partial charge in [-0.25, -0.2) is 0 Å². The number of hydrogen-bond donors (Lipinski definition) is 1. The highest BCUT2D eigenvalue weighted by Crippen LogP contribution is 2.29. The molecule has 0 unspecified atom stereocenters. The molecule has 8 heteroatoms. The van der Waals surface area contributed by atoms with Crippen LogP contribution in [0.5, 0.6) is 5.75 Å². The summed E-state index contributed by atoms with van der Waals surface area (Å²) in [5.74, 6) is 0.0759. The number of carbonyl (C=O) groups is 2. The number of likely N-dealkylation sites (tertiary alicyclic amines) is 1. The fourth-order valence-electron chi connectivity index (χ4n) is 3.26. The van der Waals surface area contributed by atoms with E-state index in [1.807, 2.05) is 19.1 Å². The minimum Gasteiger partial charge on any atom is -0.484 e. The Morgan fingerprint density at radius 3 is 2.20 bits per heavy atom. The second-order valence-corrected chi connectivity index (χ2v) is 7.31. The molecule has 2 aromatic carbocycles. The van der Waals surface area contributed by atoms with Crippen LogP contribution >= 0.6 is 0 Å². The molecule has 0 radical (unpaired) electrons. The lowest BCUT2D eigenvalue weighted by molar-refractivity contribution is -0.137. The standard InChI is InChI=1S/C22H23F3N2O3/c1-15-2-8-19(9-3-15)30-14-20(28)26-18-10-12-27(13-11-18)21(29)16-4-6-17(7-5-16)22(23,24)25/h2-9,18H,10-14H2,1H3,(H,26,28). The van der Waals surface area contributed by atoms with E-state index in [0.717, 1.165) is 17.7 Å². The third kappa shape index (κ3) is 5.75. The molecule has 0 atom stereocenters. The van der Waals surface area contributed by atoms with E-state index in [0.29, 0.717) is 31.7 Å². The summed E-state index contributed by atoms with van der Waals surface area (Å²) >= 11 is 0. The van der Waals surface area contributed by atoms with Crippen molar-refractivity contribution in [2.75, 3.05) is 19.7 Å². The molecule has 0 spiro atoms. The fraction of sp³-hybridized carbons (Fsp3) is 0.364. The summed E-state index contributed by atoms with van der Waals surface area (Å²) in [4.78, 5) is 26.2. The number of alkyl halides is 3. The van der Waals surface area contributed by atoms with Crippen molar-refractivity contribution in [3.63, 3.8) is 0 Å².